The van der Waals surface area contributed by atoms with Crippen molar-refractivity contribution in [3.8, 4) is 5.75 Å². The number of fused-ring (bicyclic) bond motifs is 2. The van der Waals surface area contributed by atoms with E-state index in [0.29, 0.717) is 21.3 Å². The number of nitrogens with one attached hydrogen (secondary N) is 3. The average molecular weight is 622 g/mol. The number of halogens is 3. The number of benzene rings is 2. The van der Waals surface area contributed by atoms with Crippen LogP contribution in [0.2, 0.25) is 9.36 Å². The number of carbonyl (C=O) groups excluding carboxylic acids is 3. The predicted molar refractivity (Wildman–Crippen MR) is 161 cm³/mol. The number of nitrogens with two attached hydrogens (primary N) is 1. The lowest BCUT2D eigenvalue weighted by atomic mass is 9.65. The smallest absolute Gasteiger partial charge is 0.248 e. The second kappa shape index (κ2) is 10.6. The number of hydrogen-bond donors (Lipinski definition) is 4. The maximum Gasteiger partial charge on any atom is 0.248 e. The zero-order chi connectivity index (χ0) is 29.9. The molecular formula is C29H31Cl2FN4O4S. The summed E-state index contributed by atoms with van der Waals surface area (Å²) in [5, 5.41) is 9.08. The van der Waals surface area contributed by atoms with Crippen molar-refractivity contribution in [1.29, 1.82) is 0 Å². The van der Waals surface area contributed by atoms with E-state index in [2.05, 4.69) is 16.0 Å². The maximum absolute atomic E-state index is 15.9. The van der Waals surface area contributed by atoms with Gasteiger partial charge in [-0.05, 0) is 47.7 Å². The minimum Gasteiger partial charge on any atom is -0.495 e. The lowest BCUT2D eigenvalue weighted by Crippen LogP contribution is -2.49. The Morgan fingerprint density at radius 2 is 1.95 bits per heavy atom. The molecule has 12 heteroatoms. The SMILES string of the molecule is COc1cc(C(N)=O)ccc1NC(=O)[C@@H]1N[C@@H](CC(C)(C)C)[C@@]2(C(=O)Nc3cc(Cl)sc32)[C@H]1c1cccc(Cl)c1F.[HH]. The highest BCUT2D eigenvalue weighted by Gasteiger charge is 2.67. The molecule has 1 saturated heterocycles. The van der Waals surface area contributed by atoms with Crippen LogP contribution in [0, 0.1) is 11.2 Å². The van der Waals surface area contributed by atoms with E-state index in [4.69, 9.17) is 33.7 Å². The van der Waals surface area contributed by atoms with Crippen LogP contribution in [-0.2, 0) is 15.0 Å². The third-order valence-corrected chi connectivity index (χ3v) is 9.32. The Kier molecular flexibility index (Phi) is 7.57. The fourth-order valence-electron chi connectivity index (χ4n) is 6.02. The summed E-state index contributed by atoms with van der Waals surface area (Å²) in [5.74, 6) is -3.02. The van der Waals surface area contributed by atoms with Gasteiger partial charge in [0.2, 0.25) is 17.7 Å². The molecule has 5 N–H and O–H groups in total. The summed E-state index contributed by atoms with van der Waals surface area (Å²) in [4.78, 5) is 40.5. The van der Waals surface area contributed by atoms with Crippen molar-refractivity contribution < 1.29 is 24.9 Å². The van der Waals surface area contributed by atoms with Gasteiger partial charge in [-0.2, -0.15) is 0 Å². The Balaban J connectivity index is 0.00000405. The Morgan fingerprint density at radius 1 is 1.22 bits per heavy atom. The second-order valence-electron chi connectivity index (χ2n) is 11.5. The number of ether oxygens (including phenoxy) is 1. The van der Waals surface area contributed by atoms with Crippen LogP contribution in [0.5, 0.6) is 5.75 Å². The predicted octanol–water partition coefficient (Wildman–Crippen LogP) is 5.94. The monoisotopic (exact) mass is 620 g/mol. The van der Waals surface area contributed by atoms with Crippen LogP contribution in [0.25, 0.3) is 0 Å². The van der Waals surface area contributed by atoms with Crippen LogP contribution in [0.3, 0.4) is 0 Å². The van der Waals surface area contributed by atoms with Crippen LogP contribution in [0.1, 0.15) is 55.3 Å². The van der Waals surface area contributed by atoms with Crippen LogP contribution < -0.4 is 26.4 Å². The molecule has 0 aliphatic carbocycles. The summed E-state index contributed by atoms with van der Waals surface area (Å²) >= 11 is 13.9. The highest BCUT2D eigenvalue weighted by atomic mass is 35.5. The summed E-state index contributed by atoms with van der Waals surface area (Å²) < 4.78 is 21.7. The highest BCUT2D eigenvalue weighted by molar-refractivity contribution is 7.17. The fourth-order valence-corrected chi connectivity index (χ4v) is 7.66. The zero-order valence-corrected chi connectivity index (χ0v) is 25.1. The van der Waals surface area contributed by atoms with E-state index >= 15 is 4.39 Å². The summed E-state index contributed by atoms with van der Waals surface area (Å²) in [6.07, 6.45) is 0.481. The molecule has 0 unspecified atom stereocenters. The second-order valence-corrected chi connectivity index (χ2v) is 13.6. The molecule has 1 spiro atoms. The van der Waals surface area contributed by atoms with Gasteiger partial charge in [0, 0.05) is 23.8 Å². The Morgan fingerprint density at radius 3 is 2.61 bits per heavy atom. The lowest BCUT2D eigenvalue weighted by Gasteiger charge is -2.37. The molecule has 1 fully saturated rings. The summed E-state index contributed by atoms with van der Waals surface area (Å²) in [5.41, 5.74) is 4.91. The Labute approximate surface area is 252 Å². The van der Waals surface area contributed by atoms with Crippen LogP contribution in [-0.4, -0.2) is 36.9 Å². The van der Waals surface area contributed by atoms with Gasteiger partial charge in [-0.15, -0.1) is 11.3 Å². The van der Waals surface area contributed by atoms with Gasteiger partial charge in [-0.3, -0.25) is 14.4 Å². The number of primary amides is 1. The number of methoxy groups -OCH3 is 1. The number of anilines is 2. The van der Waals surface area contributed by atoms with Crippen molar-refractivity contribution in [1.82, 2.24) is 5.32 Å². The van der Waals surface area contributed by atoms with Crippen molar-refractivity contribution in [2.24, 2.45) is 11.1 Å². The molecule has 2 aromatic carbocycles. The average Bonchev–Trinajstić information content (AvgIpc) is 3.50. The summed E-state index contributed by atoms with van der Waals surface area (Å²) in [6.45, 7) is 6.10. The van der Waals surface area contributed by atoms with Crippen molar-refractivity contribution in [3.63, 3.8) is 0 Å². The fraction of sp³-hybridized carbons (Fsp3) is 0.345. The van der Waals surface area contributed by atoms with E-state index in [9.17, 15) is 14.4 Å². The van der Waals surface area contributed by atoms with Gasteiger partial charge < -0.3 is 26.4 Å². The van der Waals surface area contributed by atoms with Gasteiger partial charge in [-0.1, -0.05) is 56.1 Å². The maximum atomic E-state index is 15.9. The lowest BCUT2D eigenvalue weighted by molar-refractivity contribution is -0.122. The number of carbonyl (C=O) groups is 3. The molecule has 5 rings (SSSR count). The van der Waals surface area contributed by atoms with Crippen LogP contribution in [0.4, 0.5) is 15.8 Å². The van der Waals surface area contributed by atoms with E-state index in [1.165, 1.54) is 42.7 Å². The van der Waals surface area contributed by atoms with E-state index < -0.39 is 41.0 Å². The number of rotatable bonds is 6. The van der Waals surface area contributed by atoms with Crippen molar-refractivity contribution in [2.75, 3.05) is 17.7 Å². The topological polar surface area (TPSA) is 123 Å². The number of thiophene rings is 1. The molecule has 3 amide bonds. The van der Waals surface area contributed by atoms with E-state index in [0.717, 1.165) is 0 Å². The van der Waals surface area contributed by atoms with Gasteiger partial charge >= 0.3 is 0 Å². The van der Waals surface area contributed by atoms with Gasteiger partial charge in [-0.25, -0.2) is 4.39 Å². The quantitative estimate of drug-likeness (QED) is 0.272. The molecule has 2 aliphatic heterocycles. The molecule has 0 bridgehead atoms. The zero-order valence-electron chi connectivity index (χ0n) is 22.7. The summed E-state index contributed by atoms with van der Waals surface area (Å²) in [7, 11) is 1.40. The van der Waals surface area contributed by atoms with E-state index in [1.54, 1.807) is 18.2 Å². The van der Waals surface area contributed by atoms with Gasteiger partial charge in [0.25, 0.3) is 0 Å². The molecule has 8 nitrogen and oxygen atoms in total. The van der Waals surface area contributed by atoms with Gasteiger partial charge in [0.05, 0.1) is 33.9 Å². The minimum atomic E-state index is -1.37. The number of hydrogen-bond acceptors (Lipinski definition) is 6. The summed E-state index contributed by atoms with van der Waals surface area (Å²) in [6, 6.07) is 8.98. The van der Waals surface area contributed by atoms with Crippen molar-refractivity contribution >= 4 is 63.6 Å². The first kappa shape index (κ1) is 29.3. The molecule has 218 valence electrons. The molecular weight excluding hydrogens is 590 g/mol. The third-order valence-electron chi connectivity index (χ3n) is 7.62. The largest absolute Gasteiger partial charge is 0.495 e. The molecule has 0 radical (unpaired) electrons. The van der Waals surface area contributed by atoms with Crippen LogP contribution >= 0.6 is 34.5 Å². The first-order chi connectivity index (χ1) is 19.3. The molecule has 41 heavy (non-hydrogen) atoms. The third kappa shape index (κ3) is 4.97. The standard InChI is InChI=1S/C29H29Cl2FN4O4S.H2/c1-28(2,3)12-19-29(24-17(35-27(29)39)11-20(31)41-24)21(14-6-5-7-15(30)22(14)32)23(36-19)26(38)34-16-9-8-13(25(33)37)10-18(16)40-4;/h5-11,19,21,23,36H,12H2,1-4H3,(H2,33,37)(H,34,38)(H,35,39);1H/t19-,21-,23+,29+;/m0./s1. The van der Waals surface area contributed by atoms with Crippen molar-refractivity contribution in [2.45, 2.75) is 50.6 Å². The molecule has 0 saturated carbocycles. The normalized spacial score (nSPS) is 23.4. The Bertz CT molecular complexity index is 1580. The van der Waals surface area contributed by atoms with Gasteiger partial charge in [0.1, 0.15) is 17.0 Å². The first-order valence-electron chi connectivity index (χ1n) is 12.9. The van der Waals surface area contributed by atoms with E-state index in [1.807, 2.05) is 20.8 Å². The molecule has 4 atom stereocenters. The molecule has 2 aliphatic rings. The van der Waals surface area contributed by atoms with Crippen molar-refractivity contribution in [3.05, 3.63) is 73.6 Å². The minimum absolute atomic E-state index is 0. The first-order valence-corrected chi connectivity index (χ1v) is 14.4. The van der Waals surface area contributed by atoms with Crippen LogP contribution in [0.15, 0.2) is 42.5 Å². The highest BCUT2D eigenvalue weighted by Crippen LogP contribution is 2.59. The Hall–Kier alpha value is -3.18. The molecule has 1 aromatic heterocycles. The molecule has 3 heterocycles. The van der Waals surface area contributed by atoms with Gasteiger partial charge in [0.15, 0.2) is 0 Å². The number of amides is 3. The van der Waals surface area contributed by atoms with E-state index in [-0.39, 0.29) is 40.3 Å². The molecule has 3 aromatic rings.